The number of aliphatic hydroxyl groups excluding tert-OH is 4. The zero-order valence-electron chi connectivity index (χ0n) is 35.0. The molecule has 0 saturated carbocycles. The maximum atomic E-state index is 14.0. The van der Waals surface area contributed by atoms with Gasteiger partial charge in [0, 0.05) is 32.2 Å². The summed E-state index contributed by atoms with van der Waals surface area (Å²) >= 11 is 0. The molecule has 0 unspecified atom stereocenters. The van der Waals surface area contributed by atoms with E-state index in [1.54, 1.807) is 27.7 Å². The van der Waals surface area contributed by atoms with E-state index >= 15 is 0 Å². The van der Waals surface area contributed by atoms with Crippen LogP contribution >= 0.6 is 0 Å². The van der Waals surface area contributed by atoms with E-state index in [0.29, 0.717) is 19.5 Å². The molecule has 3 heterocycles. The van der Waals surface area contributed by atoms with Gasteiger partial charge in [-0.2, -0.15) is 0 Å². The third-order valence-corrected chi connectivity index (χ3v) is 12.3. The molecule has 0 aromatic heterocycles. The average molecular weight is 779 g/mol. The monoisotopic (exact) mass is 779 g/mol. The SMILES string of the molecule is CCCN1C[C@H](C)[C@@H](O)[C@@](C)(O)[C@@H](CC)OC(=O)[C@H](C)[C@@H](O)[C@H](O[C@H]2C[C@@](C)(OC)[C@@H](O)[C@H](C)O2)[C@@H](O[C@@H]2O[C@H](C)C[C@H](N(C)C)[C@H]2O)[C@@](C)(O)C[C@H]1C. The second-order valence-corrected chi connectivity index (χ2v) is 17.3. The molecule has 3 saturated heterocycles. The van der Waals surface area contributed by atoms with E-state index in [9.17, 15) is 35.4 Å². The molecule has 3 aliphatic heterocycles. The lowest BCUT2D eigenvalue weighted by molar-refractivity contribution is -0.340. The Bertz CT molecular complexity index is 1180. The van der Waals surface area contributed by atoms with Crippen LogP contribution in [0, 0.1) is 11.8 Å². The number of carbonyl (C=O) groups excluding carboxylic acids is 1. The fourth-order valence-electron chi connectivity index (χ4n) is 8.62. The highest BCUT2D eigenvalue weighted by atomic mass is 16.7. The van der Waals surface area contributed by atoms with E-state index in [0.717, 1.165) is 6.42 Å². The average Bonchev–Trinajstić information content (AvgIpc) is 3.09. The quantitative estimate of drug-likeness (QED) is 0.184. The zero-order valence-corrected chi connectivity index (χ0v) is 35.0. The van der Waals surface area contributed by atoms with Gasteiger partial charge in [-0.05, 0) is 101 Å². The number of cyclic esters (lactones) is 1. The van der Waals surface area contributed by atoms with Gasteiger partial charge in [-0.25, -0.2) is 0 Å². The Morgan fingerprint density at radius 2 is 1.54 bits per heavy atom. The molecule has 0 radical (unpaired) electrons. The van der Waals surface area contributed by atoms with Gasteiger partial charge in [0.2, 0.25) is 0 Å². The van der Waals surface area contributed by atoms with Crippen molar-refractivity contribution in [2.75, 3.05) is 34.3 Å². The second kappa shape index (κ2) is 19.1. The van der Waals surface area contributed by atoms with Crippen molar-refractivity contribution in [2.24, 2.45) is 11.8 Å². The molecule has 18 atom stereocenters. The molecule has 15 heteroatoms. The predicted octanol–water partition coefficient (Wildman–Crippen LogP) is 1.41. The Hall–Kier alpha value is -1.05. The van der Waals surface area contributed by atoms with Crippen LogP contribution < -0.4 is 0 Å². The van der Waals surface area contributed by atoms with Crippen LogP contribution in [0.4, 0.5) is 0 Å². The molecule has 6 N–H and O–H groups in total. The first kappa shape index (κ1) is 47.3. The Morgan fingerprint density at radius 1 is 0.907 bits per heavy atom. The van der Waals surface area contributed by atoms with E-state index in [1.807, 2.05) is 46.7 Å². The fourth-order valence-corrected chi connectivity index (χ4v) is 8.62. The van der Waals surface area contributed by atoms with Crippen LogP contribution in [0.15, 0.2) is 0 Å². The van der Waals surface area contributed by atoms with Crippen LogP contribution in [0.25, 0.3) is 0 Å². The largest absolute Gasteiger partial charge is 0.459 e. The molecule has 0 amide bonds. The first-order valence-electron chi connectivity index (χ1n) is 19.9. The maximum absolute atomic E-state index is 14.0. The van der Waals surface area contributed by atoms with E-state index in [2.05, 4.69) is 4.90 Å². The number of hydrogen-bond acceptors (Lipinski definition) is 15. The fraction of sp³-hybridized carbons (Fsp3) is 0.974. The van der Waals surface area contributed by atoms with Crippen molar-refractivity contribution in [2.45, 2.75) is 198 Å². The lowest BCUT2D eigenvalue weighted by Gasteiger charge is -2.49. The molecule has 3 fully saturated rings. The van der Waals surface area contributed by atoms with E-state index in [-0.39, 0.29) is 37.5 Å². The highest BCUT2D eigenvalue weighted by molar-refractivity contribution is 5.73. The van der Waals surface area contributed by atoms with Crippen molar-refractivity contribution >= 4 is 5.97 Å². The van der Waals surface area contributed by atoms with Crippen molar-refractivity contribution < 1.29 is 63.9 Å². The molecule has 0 aromatic carbocycles. The van der Waals surface area contributed by atoms with E-state index < -0.39 is 96.0 Å². The third-order valence-electron chi connectivity index (χ3n) is 12.3. The van der Waals surface area contributed by atoms with E-state index in [1.165, 1.54) is 21.0 Å². The van der Waals surface area contributed by atoms with Gasteiger partial charge in [-0.3, -0.25) is 4.79 Å². The first-order valence-corrected chi connectivity index (χ1v) is 19.9. The number of hydrogen-bond donors (Lipinski definition) is 6. The van der Waals surface area contributed by atoms with Crippen molar-refractivity contribution in [1.82, 2.24) is 9.80 Å². The summed E-state index contributed by atoms with van der Waals surface area (Å²) in [5.41, 5.74) is -4.77. The number of likely N-dealkylation sites (N-methyl/N-ethyl adjacent to an activating group) is 1. The molecule has 0 aromatic rings. The Balaban J connectivity index is 2.24. The predicted molar refractivity (Wildman–Crippen MR) is 200 cm³/mol. The van der Waals surface area contributed by atoms with Crippen molar-refractivity contribution in [3.63, 3.8) is 0 Å². The van der Waals surface area contributed by atoms with E-state index in [4.69, 9.17) is 28.4 Å². The number of aliphatic hydroxyl groups is 6. The summed E-state index contributed by atoms with van der Waals surface area (Å²) in [6, 6.07) is -0.699. The molecule has 54 heavy (non-hydrogen) atoms. The number of rotatable bonds is 9. The lowest BCUT2D eigenvalue weighted by atomic mass is 9.82. The van der Waals surface area contributed by atoms with Crippen LogP contribution in [-0.4, -0.2) is 177 Å². The summed E-state index contributed by atoms with van der Waals surface area (Å²) in [6.07, 6.45) is -11.2. The third kappa shape index (κ3) is 10.7. The molecule has 0 spiro atoms. The zero-order chi connectivity index (χ0) is 41.1. The van der Waals surface area contributed by atoms with Gasteiger partial charge in [0.25, 0.3) is 0 Å². The van der Waals surface area contributed by atoms with Gasteiger partial charge in [0.05, 0.1) is 41.5 Å². The normalized spacial score (nSPS) is 48.2. The summed E-state index contributed by atoms with van der Waals surface area (Å²) in [5, 5.41) is 70.8. The van der Waals surface area contributed by atoms with Crippen molar-refractivity contribution in [1.29, 1.82) is 0 Å². The topological polar surface area (TPSA) is 200 Å². The minimum Gasteiger partial charge on any atom is -0.459 e. The van der Waals surface area contributed by atoms with Gasteiger partial charge < -0.3 is 68.9 Å². The summed E-state index contributed by atoms with van der Waals surface area (Å²) in [4.78, 5) is 17.9. The molecule has 3 aliphatic rings. The van der Waals surface area contributed by atoms with Crippen LogP contribution in [-0.2, 0) is 33.2 Å². The van der Waals surface area contributed by atoms with Crippen LogP contribution in [0.2, 0.25) is 0 Å². The van der Waals surface area contributed by atoms with Crippen LogP contribution in [0.1, 0.15) is 101 Å². The molecule has 15 nitrogen and oxygen atoms in total. The number of carbonyl (C=O) groups is 1. The highest BCUT2D eigenvalue weighted by Gasteiger charge is 2.54. The van der Waals surface area contributed by atoms with Gasteiger partial charge in [0.15, 0.2) is 12.6 Å². The minimum absolute atomic E-state index is 0.0193. The smallest absolute Gasteiger partial charge is 0.311 e. The Morgan fingerprint density at radius 3 is 2.09 bits per heavy atom. The highest BCUT2D eigenvalue weighted by Crippen LogP contribution is 2.39. The van der Waals surface area contributed by atoms with Crippen molar-refractivity contribution in [3.8, 4) is 0 Å². The number of nitrogens with zero attached hydrogens (tertiary/aromatic N) is 2. The summed E-state index contributed by atoms with van der Waals surface area (Å²) < 4.78 is 37.2. The van der Waals surface area contributed by atoms with Gasteiger partial charge >= 0.3 is 5.97 Å². The van der Waals surface area contributed by atoms with Crippen LogP contribution in [0.3, 0.4) is 0 Å². The summed E-state index contributed by atoms with van der Waals surface area (Å²) in [5.74, 6) is -2.67. The van der Waals surface area contributed by atoms with Gasteiger partial charge in [-0.15, -0.1) is 0 Å². The molecule has 3 rings (SSSR count). The summed E-state index contributed by atoms with van der Waals surface area (Å²) in [6.45, 7) is 18.2. The van der Waals surface area contributed by atoms with Gasteiger partial charge in [0.1, 0.15) is 36.1 Å². The molecule has 0 bridgehead atoms. The number of ether oxygens (including phenoxy) is 6. The first-order chi connectivity index (χ1) is 24.9. The van der Waals surface area contributed by atoms with Crippen molar-refractivity contribution in [3.05, 3.63) is 0 Å². The number of methoxy groups -OCH3 is 1. The standard InChI is InChI=1S/C39H74N2O13/c1-14-16-41-20-21(3)32(44)39(10,48)27(15-2)52-35(46)24(6)29(42)31(53-28-19-38(9,49-13)33(45)25(7)51-28)34(37(8,47)18-22(41)4)54-36-30(43)26(40(11)12)17-23(5)50-36/h21-34,36,42-45,47-48H,14-20H2,1-13H3/t21-,22+,23+,24+,25-,26-,27+,28-,29+,30+,31-,32+,33-,34+,36-,37-,38+,39-/m0/s1. The Labute approximate surface area is 323 Å². The minimum atomic E-state index is -1.84. The second-order valence-electron chi connectivity index (χ2n) is 17.3. The summed E-state index contributed by atoms with van der Waals surface area (Å²) in [7, 11) is 5.16. The Kier molecular flexibility index (Phi) is 16.8. The number of esters is 1. The molecular weight excluding hydrogens is 704 g/mol. The molecular formula is C39H74N2O13. The van der Waals surface area contributed by atoms with Crippen LogP contribution in [0.5, 0.6) is 0 Å². The lowest BCUT2D eigenvalue weighted by Crippen LogP contribution is -2.63. The molecule has 0 aliphatic carbocycles. The molecule has 318 valence electrons. The van der Waals surface area contributed by atoms with Gasteiger partial charge in [-0.1, -0.05) is 20.8 Å². The maximum Gasteiger partial charge on any atom is 0.311 e.